The van der Waals surface area contributed by atoms with Crippen molar-refractivity contribution in [3.63, 3.8) is 0 Å². The first-order valence-corrected chi connectivity index (χ1v) is 11.3. The van der Waals surface area contributed by atoms with Gasteiger partial charge in [-0.1, -0.05) is 43.2 Å². The van der Waals surface area contributed by atoms with Gasteiger partial charge in [0.05, 0.1) is 12.9 Å². The number of aryl methyl sites for hydroxylation is 1. The summed E-state index contributed by atoms with van der Waals surface area (Å²) in [4.78, 5) is 28.4. The molecule has 2 amide bonds. The number of thioether (sulfide) groups is 1. The van der Waals surface area contributed by atoms with Crippen LogP contribution in [0.2, 0.25) is 0 Å². The lowest BCUT2D eigenvalue weighted by Crippen LogP contribution is -2.48. The summed E-state index contributed by atoms with van der Waals surface area (Å²) in [6.45, 7) is 6.91. The number of ether oxygens (including phenoxy) is 1. The highest BCUT2D eigenvalue weighted by molar-refractivity contribution is 8.00. The molecule has 0 heterocycles. The Morgan fingerprint density at radius 1 is 1.10 bits per heavy atom. The van der Waals surface area contributed by atoms with E-state index < -0.39 is 6.04 Å². The van der Waals surface area contributed by atoms with Crippen LogP contribution < -0.4 is 10.1 Å². The Labute approximate surface area is 184 Å². The summed E-state index contributed by atoms with van der Waals surface area (Å²) in [7, 11) is 1.62. The largest absolute Gasteiger partial charge is 0.497 e. The number of amides is 2. The van der Waals surface area contributed by atoms with E-state index in [2.05, 4.69) is 12.2 Å². The molecule has 2 rings (SSSR count). The molecule has 1 N–H and O–H groups in total. The van der Waals surface area contributed by atoms with Crippen LogP contribution in [0.3, 0.4) is 0 Å². The van der Waals surface area contributed by atoms with Gasteiger partial charge in [-0.05, 0) is 50.1 Å². The van der Waals surface area contributed by atoms with Crippen molar-refractivity contribution in [2.75, 3.05) is 19.4 Å². The number of carbonyl (C=O) groups excluding carboxylic acids is 2. The molecule has 0 fully saturated rings. The topological polar surface area (TPSA) is 58.6 Å². The van der Waals surface area contributed by atoms with Crippen molar-refractivity contribution in [3.8, 4) is 5.75 Å². The quantitative estimate of drug-likeness (QED) is 0.425. The van der Waals surface area contributed by atoms with E-state index in [-0.39, 0.29) is 17.6 Å². The molecular formula is C24H32N2O3S. The van der Waals surface area contributed by atoms with Crippen molar-refractivity contribution in [1.29, 1.82) is 0 Å². The predicted molar refractivity (Wildman–Crippen MR) is 123 cm³/mol. The fraction of sp³-hybridized carbons (Fsp3) is 0.417. The number of nitrogens with one attached hydrogen (secondary N) is 1. The molecule has 0 saturated heterocycles. The van der Waals surface area contributed by atoms with Gasteiger partial charge >= 0.3 is 0 Å². The Kier molecular flexibility index (Phi) is 9.74. The summed E-state index contributed by atoms with van der Waals surface area (Å²) in [6.07, 6.45) is 1.94. The Morgan fingerprint density at radius 3 is 2.37 bits per heavy atom. The van der Waals surface area contributed by atoms with Gasteiger partial charge in [0.15, 0.2) is 0 Å². The standard InChI is InChI=1S/C24H32N2O3S/c1-5-6-15-25-24(28)19(3)26(16-20-9-11-21(29-4)12-10-20)23(27)17-30-22-13-7-18(2)8-14-22/h7-14,19H,5-6,15-17H2,1-4H3,(H,25,28). The fourth-order valence-corrected chi connectivity index (χ4v) is 3.69. The monoisotopic (exact) mass is 428 g/mol. The van der Waals surface area contributed by atoms with E-state index in [0.717, 1.165) is 29.1 Å². The highest BCUT2D eigenvalue weighted by atomic mass is 32.2. The van der Waals surface area contributed by atoms with Crippen molar-refractivity contribution in [3.05, 3.63) is 59.7 Å². The second kappa shape index (κ2) is 12.3. The van der Waals surface area contributed by atoms with Gasteiger partial charge in [-0.2, -0.15) is 0 Å². The lowest BCUT2D eigenvalue weighted by atomic mass is 10.1. The number of benzene rings is 2. The molecule has 1 atom stereocenters. The number of unbranched alkanes of at least 4 members (excludes halogenated alkanes) is 1. The van der Waals surface area contributed by atoms with Gasteiger partial charge in [0, 0.05) is 18.0 Å². The normalized spacial score (nSPS) is 11.6. The summed E-state index contributed by atoms with van der Waals surface area (Å²) in [5.41, 5.74) is 2.14. The Bertz CT molecular complexity index is 806. The molecule has 30 heavy (non-hydrogen) atoms. The van der Waals surface area contributed by atoms with Gasteiger partial charge in [0.1, 0.15) is 11.8 Å². The molecule has 2 aromatic rings. The number of carbonyl (C=O) groups is 2. The van der Waals surface area contributed by atoms with Crippen LogP contribution in [0.25, 0.3) is 0 Å². The van der Waals surface area contributed by atoms with Crippen LogP contribution in [0, 0.1) is 6.92 Å². The molecule has 162 valence electrons. The van der Waals surface area contributed by atoms with Crippen LogP contribution in [0.5, 0.6) is 5.75 Å². The summed E-state index contributed by atoms with van der Waals surface area (Å²) < 4.78 is 5.21. The number of methoxy groups -OCH3 is 1. The molecule has 6 heteroatoms. The van der Waals surface area contributed by atoms with Crippen LogP contribution in [0.15, 0.2) is 53.4 Å². The first kappa shape index (κ1) is 23.8. The minimum atomic E-state index is -0.546. The van der Waals surface area contributed by atoms with E-state index in [9.17, 15) is 9.59 Å². The second-order valence-electron chi connectivity index (χ2n) is 7.29. The van der Waals surface area contributed by atoms with Crippen molar-refractivity contribution in [2.24, 2.45) is 0 Å². The third kappa shape index (κ3) is 7.41. The predicted octanol–water partition coefficient (Wildman–Crippen LogP) is 4.43. The van der Waals surface area contributed by atoms with Crippen LogP contribution in [0.1, 0.15) is 37.8 Å². The number of rotatable bonds is 11. The molecule has 0 bridgehead atoms. The number of hydrogen-bond donors (Lipinski definition) is 1. The minimum absolute atomic E-state index is 0.0606. The van der Waals surface area contributed by atoms with Crippen LogP contribution in [-0.2, 0) is 16.1 Å². The number of nitrogens with zero attached hydrogens (tertiary/aromatic N) is 1. The molecule has 5 nitrogen and oxygen atoms in total. The molecular weight excluding hydrogens is 396 g/mol. The molecule has 0 aliphatic rings. The smallest absolute Gasteiger partial charge is 0.242 e. The Morgan fingerprint density at radius 2 is 1.77 bits per heavy atom. The first-order valence-electron chi connectivity index (χ1n) is 10.3. The molecule has 0 spiro atoms. The van der Waals surface area contributed by atoms with Gasteiger partial charge in [0.2, 0.25) is 11.8 Å². The third-order valence-electron chi connectivity index (χ3n) is 4.89. The summed E-state index contributed by atoms with van der Waals surface area (Å²) >= 11 is 1.49. The molecule has 1 unspecified atom stereocenters. The molecule has 0 aromatic heterocycles. The van der Waals surface area contributed by atoms with Crippen LogP contribution in [0.4, 0.5) is 0 Å². The van der Waals surface area contributed by atoms with E-state index in [0.29, 0.717) is 13.1 Å². The lowest BCUT2D eigenvalue weighted by Gasteiger charge is -2.29. The van der Waals surface area contributed by atoms with E-state index >= 15 is 0 Å². The van der Waals surface area contributed by atoms with Crippen molar-refractivity contribution >= 4 is 23.6 Å². The minimum Gasteiger partial charge on any atom is -0.497 e. The van der Waals surface area contributed by atoms with Gasteiger partial charge in [-0.15, -0.1) is 11.8 Å². The molecule has 0 radical (unpaired) electrons. The average Bonchev–Trinajstić information content (AvgIpc) is 2.77. The average molecular weight is 429 g/mol. The molecule has 0 aliphatic carbocycles. The van der Waals surface area contributed by atoms with Gasteiger partial charge < -0.3 is 15.0 Å². The molecule has 0 aliphatic heterocycles. The van der Waals surface area contributed by atoms with Crippen LogP contribution in [-0.4, -0.2) is 42.2 Å². The fourth-order valence-electron chi connectivity index (χ4n) is 2.91. The zero-order valence-corrected chi connectivity index (χ0v) is 19.1. The zero-order chi connectivity index (χ0) is 21.9. The van der Waals surface area contributed by atoms with E-state index in [4.69, 9.17) is 4.74 Å². The third-order valence-corrected chi connectivity index (χ3v) is 5.89. The first-order chi connectivity index (χ1) is 14.4. The van der Waals surface area contributed by atoms with E-state index in [1.807, 2.05) is 55.5 Å². The van der Waals surface area contributed by atoms with Crippen LogP contribution >= 0.6 is 11.8 Å². The second-order valence-corrected chi connectivity index (χ2v) is 8.34. The van der Waals surface area contributed by atoms with E-state index in [1.54, 1.807) is 18.9 Å². The zero-order valence-electron chi connectivity index (χ0n) is 18.3. The SMILES string of the molecule is CCCCNC(=O)C(C)N(Cc1ccc(OC)cc1)C(=O)CSc1ccc(C)cc1. The van der Waals surface area contributed by atoms with Crippen molar-refractivity contribution in [2.45, 2.75) is 51.1 Å². The van der Waals surface area contributed by atoms with Gasteiger partial charge in [0.25, 0.3) is 0 Å². The summed E-state index contributed by atoms with van der Waals surface area (Å²) in [6, 6.07) is 15.1. The maximum absolute atomic E-state index is 13.1. The maximum Gasteiger partial charge on any atom is 0.242 e. The number of hydrogen-bond acceptors (Lipinski definition) is 4. The molecule has 2 aromatic carbocycles. The molecule has 0 saturated carbocycles. The Hall–Kier alpha value is -2.47. The van der Waals surface area contributed by atoms with Crippen molar-refractivity contribution in [1.82, 2.24) is 10.2 Å². The lowest BCUT2D eigenvalue weighted by molar-refractivity contribution is -0.138. The van der Waals surface area contributed by atoms with E-state index in [1.165, 1.54) is 17.3 Å². The maximum atomic E-state index is 13.1. The highest BCUT2D eigenvalue weighted by Gasteiger charge is 2.26. The Balaban J connectivity index is 2.10. The highest BCUT2D eigenvalue weighted by Crippen LogP contribution is 2.21. The van der Waals surface area contributed by atoms with Gasteiger partial charge in [-0.3, -0.25) is 9.59 Å². The van der Waals surface area contributed by atoms with Gasteiger partial charge in [-0.25, -0.2) is 0 Å². The summed E-state index contributed by atoms with van der Waals surface area (Å²) in [5.74, 6) is 0.864. The summed E-state index contributed by atoms with van der Waals surface area (Å²) in [5, 5.41) is 2.94. The van der Waals surface area contributed by atoms with Crippen molar-refractivity contribution < 1.29 is 14.3 Å².